The van der Waals surface area contributed by atoms with E-state index in [2.05, 4.69) is 5.32 Å². The molecular formula is C17H20N2O3S. The maximum atomic E-state index is 11.9. The third-order valence-corrected chi connectivity index (χ3v) is 4.43. The molecule has 0 unspecified atom stereocenters. The molecule has 0 aliphatic carbocycles. The maximum Gasteiger partial charge on any atom is 0.238 e. The summed E-state index contributed by atoms with van der Waals surface area (Å²) in [6, 6.07) is 14.2. The summed E-state index contributed by atoms with van der Waals surface area (Å²) in [6.45, 7) is 2.38. The highest BCUT2D eigenvalue weighted by Gasteiger charge is 2.07. The Hall–Kier alpha value is -2.18. The normalized spacial score (nSPS) is 11.2. The highest BCUT2D eigenvalue weighted by atomic mass is 32.2. The molecule has 0 fully saturated rings. The number of nitrogens with one attached hydrogen (secondary N) is 1. The SMILES string of the molecule is Cc1ccc(CCC(=O)NCc2ccc(S(N)(=O)=O)cc2)cc1. The van der Waals surface area contributed by atoms with Crippen molar-refractivity contribution < 1.29 is 13.2 Å². The Morgan fingerprint density at radius 1 is 1.00 bits per heavy atom. The number of sulfonamides is 1. The molecule has 3 N–H and O–H groups in total. The third-order valence-electron chi connectivity index (χ3n) is 3.50. The van der Waals surface area contributed by atoms with Crippen LogP contribution in [0.2, 0.25) is 0 Å². The van der Waals surface area contributed by atoms with Gasteiger partial charge in [0.15, 0.2) is 0 Å². The first-order valence-electron chi connectivity index (χ1n) is 7.28. The lowest BCUT2D eigenvalue weighted by molar-refractivity contribution is -0.121. The molecule has 0 saturated heterocycles. The first-order valence-corrected chi connectivity index (χ1v) is 8.83. The maximum absolute atomic E-state index is 11.9. The minimum Gasteiger partial charge on any atom is -0.352 e. The predicted octanol–water partition coefficient (Wildman–Crippen LogP) is 1.89. The standard InChI is InChI=1S/C17H20N2O3S/c1-13-2-4-14(5-3-13)8-11-17(20)19-12-15-6-9-16(10-7-15)23(18,21)22/h2-7,9-10H,8,11-12H2,1H3,(H,19,20)(H2,18,21,22). The molecule has 2 rings (SSSR count). The first kappa shape index (κ1) is 17.2. The van der Waals surface area contributed by atoms with Crippen LogP contribution >= 0.6 is 0 Å². The molecule has 2 aromatic rings. The fourth-order valence-electron chi connectivity index (χ4n) is 2.10. The highest BCUT2D eigenvalue weighted by Crippen LogP contribution is 2.09. The summed E-state index contributed by atoms with van der Waals surface area (Å²) >= 11 is 0. The average Bonchev–Trinajstić information content (AvgIpc) is 2.52. The number of hydrogen-bond acceptors (Lipinski definition) is 3. The van der Waals surface area contributed by atoms with Crippen molar-refractivity contribution in [1.82, 2.24) is 5.32 Å². The topological polar surface area (TPSA) is 89.3 Å². The number of carbonyl (C=O) groups excluding carboxylic acids is 1. The molecule has 23 heavy (non-hydrogen) atoms. The first-order chi connectivity index (χ1) is 10.8. The zero-order valence-corrected chi connectivity index (χ0v) is 13.8. The van der Waals surface area contributed by atoms with Gasteiger partial charge in [-0.25, -0.2) is 13.6 Å². The van der Waals surface area contributed by atoms with Gasteiger partial charge in [-0.1, -0.05) is 42.0 Å². The van der Waals surface area contributed by atoms with Crippen molar-refractivity contribution in [3.05, 3.63) is 65.2 Å². The Morgan fingerprint density at radius 2 is 1.57 bits per heavy atom. The van der Waals surface area contributed by atoms with Crippen LogP contribution in [0.5, 0.6) is 0 Å². The lowest BCUT2D eigenvalue weighted by Gasteiger charge is -2.06. The van der Waals surface area contributed by atoms with Crippen LogP contribution in [0, 0.1) is 6.92 Å². The summed E-state index contributed by atoms with van der Waals surface area (Å²) in [5.74, 6) is -0.0407. The minimum atomic E-state index is -3.68. The lowest BCUT2D eigenvalue weighted by atomic mass is 10.1. The number of primary sulfonamides is 1. The largest absolute Gasteiger partial charge is 0.352 e. The van der Waals surface area contributed by atoms with E-state index in [1.165, 1.54) is 17.7 Å². The van der Waals surface area contributed by atoms with Gasteiger partial charge in [-0.05, 0) is 36.6 Å². The fraction of sp³-hybridized carbons (Fsp3) is 0.235. The van der Waals surface area contributed by atoms with Gasteiger partial charge in [0.05, 0.1) is 4.90 Å². The van der Waals surface area contributed by atoms with Crippen LogP contribution in [0.1, 0.15) is 23.1 Å². The molecule has 0 bridgehead atoms. The second-order valence-electron chi connectivity index (χ2n) is 5.45. The van der Waals surface area contributed by atoms with E-state index in [-0.39, 0.29) is 10.8 Å². The van der Waals surface area contributed by atoms with Crippen LogP contribution in [0.15, 0.2) is 53.4 Å². The fourth-order valence-corrected chi connectivity index (χ4v) is 2.61. The number of hydrogen-bond donors (Lipinski definition) is 2. The molecule has 1 amide bonds. The van der Waals surface area contributed by atoms with Gasteiger partial charge < -0.3 is 5.32 Å². The van der Waals surface area contributed by atoms with Crippen LogP contribution in [-0.2, 0) is 27.8 Å². The van der Waals surface area contributed by atoms with Crippen molar-refractivity contribution >= 4 is 15.9 Å². The number of rotatable bonds is 6. The minimum absolute atomic E-state index is 0.0407. The third kappa shape index (κ3) is 5.50. The molecule has 0 heterocycles. The number of amides is 1. The van der Waals surface area contributed by atoms with Gasteiger partial charge in [-0.2, -0.15) is 0 Å². The molecule has 0 saturated carbocycles. The quantitative estimate of drug-likeness (QED) is 0.846. The summed E-state index contributed by atoms with van der Waals surface area (Å²) in [5, 5.41) is 7.85. The zero-order valence-electron chi connectivity index (χ0n) is 13.0. The van der Waals surface area contributed by atoms with Gasteiger partial charge in [-0.15, -0.1) is 0 Å². The van der Waals surface area contributed by atoms with Crippen LogP contribution in [0.3, 0.4) is 0 Å². The second-order valence-corrected chi connectivity index (χ2v) is 7.01. The van der Waals surface area contributed by atoms with E-state index in [1.54, 1.807) is 12.1 Å². The summed E-state index contributed by atoms with van der Waals surface area (Å²) < 4.78 is 22.3. The monoisotopic (exact) mass is 332 g/mol. The number of aryl methyl sites for hydroxylation is 2. The Morgan fingerprint density at radius 3 is 2.13 bits per heavy atom. The van der Waals surface area contributed by atoms with E-state index in [1.807, 2.05) is 31.2 Å². The van der Waals surface area contributed by atoms with Crippen molar-refractivity contribution in [3.63, 3.8) is 0 Å². The number of carbonyl (C=O) groups is 1. The Balaban J connectivity index is 1.81. The molecule has 2 aromatic carbocycles. The van der Waals surface area contributed by atoms with E-state index in [0.29, 0.717) is 19.4 Å². The van der Waals surface area contributed by atoms with Gasteiger partial charge >= 0.3 is 0 Å². The summed E-state index contributed by atoms with van der Waals surface area (Å²) in [7, 11) is -3.68. The van der Waals surface area contributed by atoms with E-state index < -0.39 is 10.0 Å². The van der Waals surface area contributed by atoms with Crippen LogP contribution in [0.25, 0.3) is 0 Å². The Labute approximate surface area is 136 Å². The van der Waals surface area contributed by atoms with E-state index in [9.17, 15) is 13.2 Å². The van der Waals surface area contributed by atoms with Crippen LogP contribution < -0.4 is 10.5 Å². The molecule has 0 spiro atoms. The summed E-state index contributed by atoms with van der Waals surface area (Å²) in [5.41, 5.74) is 3.14. The number of nitrogens with two attached hydrogens (primary N) is 1. The highest BCUT2D eigenvalue weighted by molar-refractivity contribution is 7.89. The molecule has 5 nitrogen and oxygen atoms in total. The summed E-state index contributed by atoms with van der Waals surface area (Å²) in [6.07, 6.45) is 1.11. The van der Waals surface area contributed by atoms with Gasteiger partial charge in [0, 0.05) is 13.0 Å². The lowest BCUT2D eigenvalue weighted by Crippen LogP contribution is -2.23. The van der Waals surface area contributed by atoms with Crippen molar-refractivity contribution in [1.29, 1.82) is 0 Å². The predicted molar refractivity (Wildman–Crippen MR) is 89.2 cm³/mol. The molecule has 6 heteroatoms. The molecule has 0 aliphatic heterocycles. The molecule has 0 radical (unpaired) electrons. The summed E-state index contributed by atoms with van der Waals surface area (Å²) in [4.78, 5) is 11.9. The van der Waals surface area contributed by atoms with Crippen molar-refractivity contribution in [2.75, 3.05) is 0 Å². The smallest absolute Gasteiger partial charge is 0.238 e. The van der Waals surface area contributed by atoms with Gasteiger partial charge in [-0.3, -0.25) is 4.79 Å². The molecule has 0 aliphatic rings. The van der Waals surface area contributed by atoms with Gasteiger partial charge in [0.25, 0.3) is 0 Å². The average molecular weight is 332 g/mol. The molecular weight excluding hydrogens is 312 g/mol. The van der Waals surface area contributed by atoms with Crippen molar-refractivity contribution in [2.24, 2.45) is 5.14 Å². The van der Waals surface area contributed by atoms with E-state index in [4.69, 9.17) is 5.14 Å². The van der Waals surface area contributed by atoms with Crippen molar-refractivity contribution in [2.45, 2.75) is 31.2 Å². The van der Waals surface area contributed by atoms with E-state index in [0.717, 1.165) is 11.1 Å². The van der Waals surface area contributed by atoms with Crippen LogP contribution in [-0.4, -0.2) is 14.3 Å². The van der Waals surface area contributed by atoms with Crippen molar-refractivity contribution in [3.8, 4) is 0 Å². The van der Waals surface area contributed by atoms with Gasteiger partial charge in [0.2, 0.25) is 15.9 Å². The molecule has 0 aromatic heterocycles. The van der Waals surface area contributed by atoms with E-state index >= 15 is 0 Å². The Kier molecular flexibility index (Phi) is 5.52. The molecule has 122 valence electrons. The second kappa shape index (κ2) is 7.39. The zero-order chi connectivity index (χ0) is 16.9. The van der Waals surface area contributed by atoms with Gasteiger partial charge in [0.1, 0.15) is 0 Å². The van der Waals surface area contributed by atoms with Crippen LogP contribution in [0.4, 0.5) is 0 Å². The number of benzene rings is 2. The molecule has 0 atom stereocenters. The Bertz CT molecular complexity index is 766.